The molecule has 104 valence electrons. The molecule has 6 heteroatoms. The second kappa shape index (κ2) is 7.56. The van der Waals surface area contributed by atoms with Crippen molar-refractivity contribution in [1.82, 2.24) is 4.90 Å². The Balaban J connectivity index is 0.00000256. The number of nitrogens with zero attached hydrogens (tertiary/aromatic N) is 1. The van der Waals surface area contributed by atoms with Crippen LogP contribution in [0.1, 0.15) is 26.7 Å². The lowest BCUT2D eigenvalue weighted by molar-refractivity contribution is 0.280. The molecular weight excluding hydrogens is 260 g/mol. The maximum Gasteiger partial charge on any atom is 0.151 e. The summed E-state index contributed by atoms with van der Waals surface area (Å²) in [5, 5.41) is 0. The van der Waals surface area contributed by atoms with E-state index in [1.165, 1.54) is 0 Å². The van der Waals surface area contributed by atoms with Crippen LogP contribution in [-0.2, 0) is 9.84 Å². The van der Waals surface area contributed by atoms with Gasteiger partial charge >= 0.3 is 0 Å². The van der Waals surface area contributed by atoms with Gasteiger partial charge in [-0.05, 0) is 32.2 Å². The minimum atomic E-state index is -2.84. The maximum atomic E-state index is 11.6. The van der Waals surface area contributed by atoms with Crippen molar-refractivity contribution >= 4 is 22.2 Å². The van der Waals surface area contributed by atoms with E-state index in [2.05, 4.69) is 11.8 Å². The van der Waals surface area contributed by atoms with Gasteiger partial charge in [0.1, 0.15) is 0 Å². The summed E-state index contributed by atoms with van der Waals surface area (Å²) in [7, 11) is -2.84. The molecule has 0 spiro atoms. The summed E-state index contributed by atoms with van der Waals surface area (Å²) < 4.78 is 23.2. The van der Waals surface area contributed by atoms with Gasteiger partial charge in [0.25, 0.3) is 0 Å². The van der Waals surface area contributed by atoms with E-state index in [1.807, 2.05) is 6.92 Å². The summed E-state index contributed by atoms with van der Waals surface area (Å²) in [5.41, 5.74) is 5.64. The minimum absolute atomic E-state index is 0. The highest BCUT2D eigenvalue weighted by Gasteiger charge is 2.28. The molecule has 2 unspecified atom stereocenters. The van der Waals surface area contributed by atoms with Gasteiger partial charge in [0, 0.05) is 24.9 Å². The Kier molecular flexibility index (Phi) is 7.63. The Morgan fingerprint density at radius 1 is 1.35 bits per heavy atom. The molecule has 17 heavy (non-hydrogen) atoms. The van der Waals surface area contributed by atoms with Gasteiger partial charge in [-0.3, -0.25) is 4.90 Å². The van der Waals surface area contributed by atoms with E-state index in [4.69, 9.17) is 5.73 Å². The van der Waals surface area contributed by atoms with Gasteiger partial charge in [-0.25, -0.2) is 8.42 Å². The zero-order valence-electron chi connectivity index (χ0n) is 10.8. The van der Waals surface area contributed by atoms with Crippen LogP contribution in [0.2, 0.25) is 0 Å². The van der Waals surface area contributed by atoms with Gasteiger partial charge < -0.3 is 5.73 Å². The fourth-order valence-corrected chi connectivity index (χ4v) is 3.71. The first-order chi connectivity index (χ1) is 7.48. The molecule has 0 aromatic heterocycles. The molecule has 0 aromatic carbocycles. The molecule has 0 aromatic rings. The Hall–Kier alpha value is 0.160. The number of hydrogen-bond acceptors (Lipinski definition) is 4. The Morgan fingerprint density at radius 2 is 2.00 bits per heavy atom. The van der Waals surface area contributed by atoms with Crippen LogP contribution in [-0.4, -0.2) is 50.5 Å². The largest absolute Gasteiger partial charge is 0.330 e. The summed E-state index contributed by atoms with van der Waals surface area (Å²) in [5.74, 6) is 1.15. The van der Waals surface area contributed by atoms with Crippen molar-refractivity contribution in [3.05, 3.63) is 0 Å². The molecule has 0 saturated carbocycles. The summed E-state index contributed by atoms with van der Waals surface area (Å²) >= 11 is 0. The van der Waals surface area contributed by atoms with E-state index < -0.39 is 9.84 Å². The number of rotatable bonds is 6. The number of hydrogen-bond donors (Lipinski definition) is 1. The Morgan fingerprint density at radius 3 is 2.47 bits per heavy atom. The lowest BCUT2D eigenvalue weighted by Crippen LogP contribution is -2.33. The first kappa shape index (κ1) is 17.2. The van der Waals surface area contributed by atoms with Gasteiger partial charge in [-0.15, -0.1) is 12.4 Å². The lowest BCUT2D eigenvalue weighted by Gasteiger charge is -2.20. The van der Waals surface area contributed by atoms with Gasteiger partial charge in [0.05, 0.1) is 5.75 Å². The van der Waals surface area contributed by atoms with E-state index in [9.17, 15) is 8.42 Å². The van der Waals surface area contributed by atoms with Crippen LogP contribution in [0.5, 0.6) is 0 Å². The maximum absolute atomic E-state index is 11.6. The highest BCUT2D eigenvalue weighted by Crippen LogP contribution is 2.21. The topological polar surface area (TPSA) is 63.4 Å². The van der Waals surface area contributed by atoms with Gasteiger partial charge in [0.15, 0.2) is 9.84 Å². The number of sulfone groups is 1. The average molecular weight is 285 g/mol. The first-order valence-electron chi connectivity index (χ1n) is 6.13. The molecule has 4 nitrogen and oxygen atoms in total. The molecule has 2 N–H and O–H groups in total. The third-order valence-corrected chi connectivity index (χ3v) is 5.16. The monoisotopic (exact) mass is 284 g/mol. The van der Waals surface area contributed by atoms with Gasteiger partial charge in [-0.2, -0.15) is 0 Å². The molecule has 0 bridgehead atoms. The van der Waals surface area contributed by atoms with Crippen LogP contribution in [0.25, 0.3) is 0 Å². The van der Waals surface area contributed by atoms with Crippen LogP contribution in [0.15, 0.2) is 0 Å². The molecule has 1 fully saturated rings. The zero-order valence-corrected chi connectivity index (χ0v) is 12.4. The van der Waals surface area contributed by atoms with Crippen LogP contribution in [0, 0.1) is 5.92 Å². The average Bonchev–Trinajstić information content (AvgIpc) is 2.56. The number of halogens is 1. The molecule has 1 rings (SSSR count). The van der Waals surface area contributed by atoms with Crippen molar-refractivity contribution in [3.63, 3.8) is 0 Å². The van der Waals surface area contributed by atoms with Crippen molar-refractivity contribution in [2.24, 2.45) is 11.7 Å². The third-order valence-electron chi connectivity index (χ3n) is 3.33. The smallest absolute Gasteiger partial charge is 0.151 e. The van der Waals surface area contributed by atoms with Crippen molar-refractivity contribution in [3.8, 4) is 0 Å². The van der Waals surface area contributed by atoms with Crippen molar-refractivity contribution in [2.45, 2.75) is 32.7 Å². The molecule has 1 aliphatic rings. The predicted molar refractivity (Wildman–Crippen MR) is 74.4 cm³/mol. The molecule has 1 heterocycles. The van der Waals surface area contributed by atoms with E-state index in [1.54, 1.807) is 0 Å². The zero-order chi connectivity index (χ0) is 12.2. The third kappa shape index (κ3) is 5.55. The van der Waals surface area contributed by atoms with Crippen LogP contribution in [0.4, 0.5) is 0 Å². The van der Waals surface area contributed by atoms with E-state index in [0.29, 0.717) is 43.0 Å². The fourth-order valence-electron chi connectivity index (χ4n) is 2.37. The molecule has 0 aliphatic carbocycles. The number of nitrogens with two attached hydrogens (primary N) is 1. The van der Waals surface area contributed by atoms with Crippen molar-refractivity contribution in [1.29, 1.82) is 0 Å². The fraction of sp³-hybridized carbons (Fsp3) is 1.00. The summed E-state index contributed by atoms with van der Waals surface area (Å²) in [6.45, 7) is 6.39. The molecular formula is C11H25ClN2O2S. The van der Waals surface area contributed by atoms with Crippen LogP contribution in [0.3, 0.4) is 0 Å². The highest BCUT2D eigenvalue weighted by molar-refractivity contribution is 7.91. The molecule has 1 aliphatic heterocycles. The van der Waals surface area contributed by atoms with Crippen molar-refractivity contribution in [2.75, 3.05) is 31.1 Å². The highest BCUT2D eigenvalue weighted by atomic mass is 35.5. The minimum Gasteiger partial charge on any atom is -0.330 e. The first-order valence-corrected chi connectivity index (χ1v) is 7.95. The predicted octanol–water partition coefficient (Wildman–Crippen LogP) is 0.902. The van der Waals surface area contributed by atoms with Gasteiger partial charge in [-0.1, -0.05) is 6.92 Å². The summed E-state index contributed by atoms with van der Waals surface area (Å²) in [4.78, 5) is 2.25. The Labute approximate surface area is 111 Å². The van der Waals surface area contributed by atoms with Crippen molar-refractivity contribution < 1.29 is 8.42 Å². The van der Waals surface area contributed by atoms with E-state index in [0.717, 1.165) is 13.0 Å². The second-order valence-electron chi connectivity index (χ2n) is 4.83. The van der Waals surface area contributed by atoms with Gasteiger partial charge in [0.2, 0.25) is 0 Å². The van der Waals surface area contributed by atoms with Crippen LogP contribution < -0.4 is 5.73 Å². The molecule has 2 atom stereocenters. The summed E-state index contributed by atoms with van der Waals surface area (Å²) in [6.07, 6.45) is 1.81. The molecule has 0 radical (unpaired) electrons. The normalized spacial score (nSPS) is 25.8. The summed E-state index contributed by atoms with van der Waals surface area (Å²) in [6, 6.07) is 0.477. The SMILES string of the molecule is CCCS(=O)(=O)CCN1CC(CN)CC1C.Cl. The van der Waals surface area contributed by atoms with E-state index >= 15 is 0 Å². The number of likely N-dealkylation sites (tertiary alicyclic amines) is 1. The lowest BCUT2D eigenvalue weighted by atomic mass is 10.1. The quantitative estimate of drug-likeness (QED) is 0.787. The van der Waals surface area contributed by atoms with E-state index in [-0.39, 0.29) is 12.4 Å². The van der Waals surface area contributed by atoms with Crippen LogP contribution >= 0.6 is 12.4 Å². The second-order valence-corrected chi connectivity index (χ2v) is 7.14. The molecule has 0 amide bonds. The molecule has 1 saturated heterocycles. The standard InChI is InChI=1S/C11H24N2O2S.ClH/c1-3-5-16(14,15)6-4-13-9-11(8-12)7-10(13)2;/h10-11H,3-9,12H2,1-2H3;1H. The Bertz CT molecular complexity index is 309.